The van der Waals surface area contributed by atoms with Crippen molar-refractivity contribution < 1.29 is 18.4 Å². The minimum Gasteiger partial charge on any atom is -0.317 e. The van der Waals surface area contributed by atoms with Crippen molar-refractivity contribution in [1.82, 2.24) is 25.0 Å². The number of aromatic nitrogens is 5. The molecule has 0 aliphatic heterocycles. The summed E-state index contributed by atoms with van der Waals surface area (Å²) in [7, 11) is 0. The quantitative estimate of drug-likeness (QED) is 0.252. The number of carbonyl (C=O) groups is 2. The zero-order valence-corrected chi connectivity index (χ0v) is 21.3. The summed E-state index contributed by atoms with van der Waals surface area (Å²) in [5, 5.41) is 16.5. The molecular formula is C27H20ClF2N7O2. The van der Waals surface area contributed by atoms with Crippen LogP contribution in [0.4, 0.5) is 20.3 Å². The lowest BCUT2D eigenvalue weighted by Crippen LogP contribution is -2.16. The SMILES string of the molecule is Cc1n[nH]c(C)c1NC(=O)c1cc(NC(=O)c2cc(-c3ncccc3F)c(F)cc2Cl)n(-c2ccccc2)n1. The second kappa shape index (κ2) is 10.5. The van der Waals surface area contributed by atoms with Crippen molar-refractivity contribution in [1.29, 1.82) is 0 Å². The van der Waals surface area contributed by atoms with Gasteiger partial charge in [-0.05, 0) is 50.2 Å². The van der Waals surface area contributed by atoms with E-state index in [1.807, 2.05) is 0 Å². The Bertz CT molecular complexity index is 1700. The lowest BCUT2D eigenvalue weighted by molar-refractivity contribution is 0.101. The van der Waals surface area contributed by atoms with E-state index in [4.69, 9.17) is 11.6 Å². The van der Waals surface area contributed by atoms with Crippen LogP contribution in [-0.2, 0) is 0 Å². The third-order valence-electron chi connectivity index (χ3n) is 5.87. The second-order valence-corrected chi connectivity index (χ2v) is 8.93. The van der Waals surface area contributed by atoms with E-state index in [-0.39, 0.29) is 33.4 Å². The summed E-state index contributed by atoms with van der Waals surface area (Å²) in [5.74, 6) is -2.72. The first kappa shape index (κ1) is 25.7. The van der Waals surface area contributed by atoms with Gasteiger partial charge >= 0.3 is 0 Å². The number of halogens is 3. The van der Waals surface area contributed by atoms with Crippen molar-refractivity contribution in [2.24, 2.45) is 0 Å². The Hall–Kier alpha value is -4.90. The maximum absolute atomic E-state index is 14.7. The molecule has 0 unspecified atom stereocenters. The van der Waals surface area contributed by atoms with E-state index in [0.717, 1.165) is 18.2 Å². The molecule has 196 valence electrons. The molecule has 2 amide bonds. The Morgan fingerprint density at radius 1 is 0.949 bits per heavy atom. The van der Waals surface area contributed by atoms with Crippen LogP contribution in [-0.4, -0.2) is 36.8 Å². The Labute approximate surface area is 225 Å². The van der Waals surface area contributed by atoms with Gasteiger partial charge in [0.25, 0.3) is 11.8 Å². The molecule has 5 aromatic rings. The summed E-state index contributed by atoms with van der Waals surface area (Å²) in [5.41, 5.74) is 1.73. The highest BCUT2D eigenvalue weighted by Crippen LogP contribution is 2.30. The molecule has 0 spiro atoms. The fourth-order valence-corrected chi connectivity index (χ4v) is 4.17. The molecule has 2 aromatic carbocycles. The predicted molar refractivity (Wildman–Crippen MR) is 142 cm³/mol. The standard InChI is InChI=1S/C27H20ClF2N7O2/c1-14-24(15(2)35-34-14)33-27(39)22-13-23(37(36-22)16-7-4-3-5-8-16)32-26(38)17-11-18(21(30)12-19(17)28)25-20(29)9-6-10-31-25/h3-13H,1-2H3,(H,32,38)(H,33,39)(H,34,35). The number of H-pyrrole nitrogens is 1. The number of aromatic amines is 1. The van der Waals surface area contributed by atoms with E-state index in [0.29, 0.717) is 22.8 Å². The molecule has 0 saturated carbocycles. The van der Waals surface area contributed by atoms with Crippen LogP contribution in [0.1, 0.15) is 32.2 Å². The zero-order chi connectivity index (χ0) is 27.7. The van der Waals surface area contributed by atoms with E-state index < -0.39 is 23.4 Å². The Morgan fingerprint density at radius 2 is 1.72 bits per heavy atom. The molecule has 3 N–H and O–H groups in total. The number of benzene rings is 2. The molecule has 39 heavy (non-hydrogen) atoms. The highest BCUT2D eigenvalue weighted by atomic mass is 35.5. The number of hydrogen-bond donors (Lipinski definition) is 3. The maximum Gasteiger partial charge on any atom is 0.276 e. The number of para-hydroxylation sites is 1. The number of pyridine rings is 1. The number of nitrogens with one attached hydrogen (secondary N) is 3. The van der Waals surface area contributed by atoms with Gasteiger partial charge in [-0.1, -0.05) is 29.8 Å². The molecule has 0 aliphatic carbocycles. The monoisotopic (exact) mass is 547 g/mol. The molecule has 0 aliphatic rings. The van der Waals surface area contributed by atoms with Crippen LogP contribution >= 0.6 is 11.6 Å². The third-order valence-corrected chi connectivity index (χ3v) is 6.18. The van der Waals surface area contributed by atoms with Gasteiger partial charge in [-0.3, -0.25) is 19.7 Å². The van der Waals surface area contributed by atoms with Crippen molar-refractivity contribution in [2.75, 3.05) is 10.6 Å². The minimum absolute atomic E-state index is 0.00982. The fourth-order valence-electron chi connectivity index (χ4n) is 3.93. The second-order valence-electron chi connectivity index (χ2n) is 8.53. The average Bonchev–Trinajstić information content (AvgIpc) is 3.48. The van der Waals surface area contributed by atoms with Crippen LogP contribution in [0.5, 0.6) is 0 Å². The van der Waals surface area contributed by atoms with Gasteiger partial charge in [0.2, 0.25) is 0 Å². The molecule has 3 heterocycles. The number of nitrogens with zero attached hydrogens (tertiary/aromatic N) is 4. The first-order valence-electron chi connectivity index (χ1n) is 11.6. The summed E-state index contributed by atoms with van der Waals surface area (Å²) in [6, 6.07) is 14.8. The molecule has 0 atom stereocenters. The van der Waals surface area contributed by atoms with Crippen LogP contribution in [0.15, 0.2) is 66.9 Å². The predicted octanol–water partition coefficient (Wildman–Crippen LogP) is 5.71. The van der Waals surface area contributed by atoms with Crippen molar-refractivity contribution >= 4 is 34.9 Å². The number of aryl methyl sites for hydroxylation is 2. The van der Waals surface area contributed by atoms with Crippen LogP contribution in [0.2, 0.25) is 5.02 Å². The lowest BCUT2D eigenvalue weighted by Gasteiger charge is -2.11. The zero-order valence-electron chi connectivity index (χ0n) is 20.6. The van der Waals surface area contributed by atoms with Gasteiger partial charge in [-0.15, -0.1) is 0 Å². The van der Waals surface area contributed by atoms with Gasteiger partial charge in [0, 0.05) is 17.8 Å². The molecule has 0 radical (unpaired) electrons. The van der Waals surface area contributed by atoms with Crippen molar-refractivity contribution in [3.8, 4) is 16.9 Å². The molecule has 5 rings (SSSR count). The van der Waals surface area contributed by atoms with E-state index in [9.17, 15) is 18.4 Å². The number of rotatable bonds is 6. The topological polar surface area (TPSA) is 118 Å². The first-order valence-corrected chi connectivity index (χ1v) is 12.0. The summed E-state index contributed by atoms with van der Waals surface area (Å²) in [4.78, 5) is 30.3. The fraction of sp³-hybridized carbons (Fsp3) is 0.0741. The lowest BCUT2D eigenvalue weighted by atomic mass is 10.1. The summed E-state index contributed by atoms with van der Waals surface area (Å²) in [6.45, 7) is 3.51. The van der Waals surface area contributed by atoms with Crippen molar-refractivity contribution in [3.05, 3.63) is 106 Å². The number of anilines is 2. The van der Waals surface area contributed by atoms with E-state index in [2.05, 4.69) is 30.9 Å². The highest BCUT2D eigenvalue weighted by Gasteiger charge is 2.22. The number of carbonyl (C=O) groups excluding carboxylic acids is 2. The van der Waals surface area contributed by atoms with E-state index >= 15 is 0 Å². The summed E-state index contributed by atoms with van der Waals surface area (Å²) >= 11 is 6.20. The normalized spacial score (nSPS) is 10.9. The van der Waals surface area contributed by atoms with E-state index in [1.165, 1.54) is 23.0 Å². The molecule has 9 nitrogen and oxygen atoms in total. The summed E-state index contributed by atoms with van der Waals surface area (Å²) in [6.07, 6.45) is 1.31. The molecule has 0 saturated heterocycles. The smallest absolute Gasteiger partial charge is 0.276 e. The number of hydrogen-bond acceptors (Lipinski definition) is 5. The summed E-state index contributed by atoms with van der Waals surface area (Å²) < 4.78 is 30.4. The molecule has 12 heteroatoms. The number of amides is 2. The van der Waals surface area contributed by atoms with Crippen LogP contribution in [0.25, 0.3) is 16.9 Å². The largest absolute Gasteiger partial charge is 0.317 e. The third kappa shape index (κ3) is 5.12. The minimum atomic E-state index is -0.840. The van der Waals surface area contributed by atoms with Gasteiger partial charge in [0.1, 0.15) is 23.1 Å². The Kier molecular flexibility index (Phi) is 6.90. The Balaban J connectivity index is 1.51. The van der Waals surface area contributed by atoms with Crippen LogP contribution < -0.4 is 10.6 Å². The van der Waals surface area contributed by atoms with E-state index in [1.54, 1.807) is 44.2 Å². The molecule has 3 aromatic heterocycles. The molecule has 0 bridgehead atoms. The van der Waals surface area contributed by atoms with Gasteiger partial charge in [-0.25, -0.2) is 13.5 Å². The maximum atomic E-state index is 14.7. The van der Waals surface area contributed by atoms with Gasteiger partial charge in [0.15, 0.2) is 5.69 Å². The molecular weight excluding hydrogens is 528 g/mol. The molecule has 0 fully saturated rings. The Morgan fingerprint density at radius 3 is 2.41 bits per heavy atom. The van der Waals surface area contributed by atoms with Crippen molar-refractivity contribution in [3.63, 3.8) is 0 Å². The highest BCUT2D eigenvalue weighted by molar-refractivity contribution is 6.34. The van der Waals surface area contributed by atoms with Crippen molar-refractivity contribution in [2.45, 2.75) is 13.8 Å². The first-order chi connectivity index (χ1) is 18.7. The van der Waals surface area contributed by atoms with Gasteiger partial charge in [-0.2, -0.15) is 10.2 Å². The van der Waals surface area contributed by atoms with Crippen LogP contribution in [0, 0.1) is 25.5 Å². The average molecular weight is 548 g/mol. The van der Waals surface area contributed by atoms with Gasteiger partial charge < -0.3 is 10.6 Å². The van der Waals surface area contributed by atoms with Gasteiger partial charge in [0.05, 0.1) is 33.3 Å². The van der Waals surface area contributed by atoms with Crippen LogP contribution in [0.3, 0.4) is 0 Å².